The molecule has 0 saturated heterocycles. The van der Waals surface area contributed by atoms with Crippen LogP contribution in [0.1, 0.15) is 29.8 Å². The number of hydrogen-bond acceptors (Lipinski definition) is 2. The molecule has 0 spiro atoms. The van der Waals surface area contributed by atoms with Crippen molar-refractivity contribution in [2.75, 3.05) is 6.54 Å². The van der Waals surface area contributed by atoms with Crippen molar-refractivity contribution >= 4 is 66.4 Å². The minimum absolute atomic E-state index is 0.0961. The van der Waals surface area contributed by atoms with Crippen molar-refractivity contribution in [2.24, 2.45) is 0 Å². The number of benzene rings is 1. The van der Waals surface area contributed by atoms with Crippen LogP contribution in [-0.2, 0) is 0 Å². The molecule has 1 aromatic heterocycles. The van der Waals surface area contributed by atoms with Gasteiger partial charge in [0, 0.05) is 19.4 Å². The molecular weight excluding hydrogens is 445 g/mol. The summed E-state index contributed by atoms with van der Waals surface area (Å²) in [5.41, 5.74) is 1.08. The number of halogens is 4. The Kier molecular flexibility index (Phi) is 6.39. The van der Waals surface area contributed by atoms with Gasteiger partial charge in [-0.1, -0.05) is 30.1 Å². The minimum Gasteiger partial charge on any atom is -0.306 e. The molecule has 1 N–H and O–H groups in total. The lowest BCUT2D eigenvalue weighted by molar-refractivity contribution is 0.606. The second kappa shape index (κ2) is 7.61. The fourth-order valence-corrected chi connectivity index (χ4v) is 4.66. The van der Waals surface area contributed by atoms with E-state index in [9.17, 15) is 0 Å². The summed E-state index contributed by atoms with van der Waals surface area (Å²) in [6, 6.07) is 7.89. The summed E-state index contributed by atoms with van der Waals surface area (Å²) in [6.45, 7) is 3.08. The predicted octanol–water partition coefficient (Wildman–Crippen LogP) is 6.67. The van der Waals surface area contributed by atoms with Crippen LogP contribution in [0.4, 0.5) is 0 Å². The molecule has 0 bridgehead atoms. The van der Waals surface area contributed by atoms with E-state index in [1.165, 1.54) is 4.88 Å². The van der Waals surface area contributed by atoms with E-state index in [-0.39, 0.29) is 6.04 Å². The van der Waals surface area contributed by atoms with E-state index in [0.717, 1.165) is 26.8 Å². The van der Waals surface area contributed by atoms with Gasteiger partial charge in [0.2, 0.25) is 0 Å². The summed E-state index contributed by atoms with van der Waals surface area (Å²) in [5.74, 6) is 0. The van der Waals surface area contributed by atoms with Crippen LogP contribution in [0.15, 0.2) is 32.5 Å². The highest BCUT2D eigenvalue weighted by atomic mass is 79.9. The molecule has 20 heavy (non-hydrogen) atoms. The van der Waals surface area contributed by atoms with Crippen molar-refractivity contribution in [3.63, 3.8) is 0 Å². The van der Waals surface area contributed by atoms with Gasteiger partial charge in [0.1, 0.15) is 0 Å². The molecule has 2 rings (SSSR count). The Labute approximate surface area is 149 Å². The molecular formula is C14H13Br2Cl2NS. The number of thiophene rings is 1. The first-order chi connectivity index (χ1) is 9.51. The van der Waals surface area contributed by atoms with Crippen LogP contribution in [0.3, 0.4) is 0 Å². The maximum absolute atomic E-state index is 6.12. The lowest BCUT2D eigenvalue weighted by Crippen LogP contribution is -2.22. The van der Waals surface area contributed by atoms with E-state index in [4.69, 9.17) is 23.2 Å². The Morgan fingerprint density at radius 1 is 1.15 bits per heavy atom. The minimum atomic E-state index is 0.0961. The van der Waals surface area contributed by atoms with Gasteiger partial charge in [-0.15, -0.1) is 11.3 Å². The molecule has 1 atom stereocenters. The van der Waals surface area contributed by atoms with Gasteiger partial charge in [0.25, 0.3) is 0 Å². The zero-order valence-electron chi connectivity index (χ0n) is 10.7. The summed E-state index contributed by atoms with van der Waals surface area (Å²) in [6.07, 6.45) is 1.07. The molecule has 0 saturated carbocycles. The van der Waals surface area contributed by atoms with E-state index in [2.05, 4.69) is 50.2 Å². The van der Waals surface area contributed by atoms with Crippen molar-refractivity contribution < 1.29 is 0 Å². The van der Waals surface area contributed by atoms with Gasteiger partial charge in [0.05, 0.1) is 9.83 Å². The molecule has 6 heteroatoms. The highest BCUT2D eigenvalue weighted by Crippen LogP contribution is 2.38. The highest BCUT2D eigenvalue weighted by Gasteiger charge is 2.18. The quantitative estimate of drug-likeness (QED) is 0.528. The number of hydrogen-bond donors (Lipinski definition) is 1. The zero-order valence-corrected chi connectivity index (χ0v) is 16.2. The summed E-state index contributed by atoms with van der Waals surface area (Å²) >= 11 is 21.0. The van der Waals surface area contributed by atoms with E-state index >= 15 is 0 Å². The van der Waals surface area contributed by atoms with Crippen LogP contribution in [0.25, 0.3) is 0 Å². The standard InChI is InChI=1S/C14H13Br2Cl2NS/c1-2-3-19-13(12-7-11(15)14(16)20-12)8-4-9(17)6-10(18)5-8/h4-7,13,19H,2-3H2,1H3. The van der Waals surface area contributed by atoms with Gasteiger partial charge < -0.3 is 5.32 Å². The van der Waals surface area contributed by atoms with Gasteiger partial charge in [-0.05, 0) is 74.7 Å². The number of rotatable bonds is 5. The predicted molar refractivity (Wildman–Crippen MR) is 96.3 cm³/mol. The molecule has 0 aliphatic carbocycles. The molecule has 0 radical (unpaired) electrons. The first-order valence-electron chi connectivity index (χ1n) is 6.15. The average molecular weight is 458 g/mol. The first kappa shape index (κ1) is 16.8. The van der Waals surface area contributed by atoms with Crippen LogP contribution in [-0.4, -0.2) is 6.54 Å². The van der Waals surface area contributed by atoms with Crippen molar-refractivity contribution in [3.05, 3.63) is 53.0 Å². The van der Waals surface area contributed by atoms with Crippen LogP contribution in [0, 0.1) is 0 Å². The second-order valence-corrected chi connectivity index (χ2v) is 8.49. The molecule has 0 amide bonds. The summed E-state index contributed by atoms with van der Waals surface area (Å²) in [5, 5.41) is 4.86. The molecule has 2 aromatic rings. The maximum Gasteiger partial charge on any atom is 0.0843 e. The van der Waals surface area contributed by atoms with Crippen molar-refractivity contribution in [2.45, 2.75) is 19.4 Å². The third kappa shape index (κ3) is 4.21. The molecule has 1 nitrogen and oxygen atoms in total. The Morgan fingerprint density at radius 3 is 2.30 bits per heavy atom. The third-order valence-corrected chi connectivity index (χ3v) is 6.52. The topological polar surface area (TPSA) is 12.0 Å². The van der Waals surface area contributed by atoms with Crippen LogP contribution < -0.4 is 5.32 Å². The average Bonchev–Trinajstić information content (AvgIpc) is 2.69. The lowest BCUT2D eigenvalue weighted by atomic mass is 10.1. The van der Waals surface area contributed by atoms with Gasteiger partial charge in [0.15, 0.2) is 0 Å². The van der Waals surface area contributed by atoms with Crippen LogP contribution in [0.2, 0.25) is 10.0 Å². The molecule has 1 unspecified atom stereocenters. The SMILES string of the molecule is CCCNC(c1cc(Cl)cc(Cl)c1)c1cc(Br)c(Br)s1. The fraction of sp³-hybridized carbons (Fsp3) is 0.286. The molecule has 108 valence electrons. The van der Waals surface area contributed by atoms with Gasteiger partial charge in [-0.25, -0.2) is 0 Å². The monoisotopic (exact) mass is 455 g/mol. The summed E-state index contributed by atoms with van der Waals surface area (Å²) in [4.78, 5) is 1.22. The van der Waals surface area contributed by atoms with E-state index in [0.29, 0.717) is 10.0 Å². The van der Waals surface area contributed by atoms with Gasteiger partial charge in [-0.3, -0.25) is 0 Å². The Morgan fingerprint density at radius 2 is 1.80 bits per heavy atom. The molecule has 1 aromatic carbocycles. The van der Waals surface area contributed by atoms with E-state index < -0.39 is 0 Å². The summed E-state index contributed by atoms with van der Waals surface area (Å²) in [7, 11) is 0. The van der Waals surface area contributed by atoms with E-state index in [1.54, 1.807) is 17.4 Å². The van der Waals surface area contributed by atoms with Crippen LogP contribution in [0.5, 0.6) is 0 Å². The smallest absolute Gasteiger partial charge is 0.0843 e. The molecule has 1 heterocycles. The van der Waals surface area contributed by atoms with E-state index in [1.807, 2.05) is 12.1 Å². The normalized spacial score (nSPS) is 12.7. The number of nitrogens with one attached hydrogen (secondary N) is 1. The second-order valence-electron chi connectivity index (χ2n) is 4.36. The maximum atomic E-state index is 6.12. The van der Waals surface area contributed by atoms with Crippen molar-refractivity contribution in [3.8, 4) is 0 Å². The van der Waals surface area contributed by atoms with Crippen molar-refractivity contribution in [1.82, 2.24) is 5.32 Å². The Bertz CT molecular complexity index is 561. The zero-order chi connectivity index (χ0) is 14.7. The van der Waals surface area contributed by atoms with Crippen molar-refractivity contribution in [1.29, 1.82) is 0 Å². The molecule has 0 fully saturated rings. The third-order valence-electron chi connectivity index (χ3n) is 2.77. The Balaban J connectivity index is 2.40. The lowest BCUT2D eigenvalue weighted by Gasteiger charge is -2.18. The Hall–Kier alpha value is 0.420. The largest absolute Gasteiger partial charge is 0.306 e. The van der Waals surface area contributed by atoms with Gasteiger partial charge in [-0.2, -0.15) is 0 Å². The molecule has 0 aliphatic rings. The summed E-state index contributed by atoms with van der Waals surface area (Å²) < 4.78 is 2.15. The van der Waals surface area contributed by atoms with Crippen LogP contribution >= 0.6 is 66.4 Å². The fourth-order valence-electron chi connectivity index (χ4n) is 1.92. The highest BCUT2D eigenvalue weighted by molar-refractivity contribution is 9.13. The first-order valence-corrected chi connectivity index (χ1v) is 9.31. The van der Waals surface area contributed by atoms with Gasteiger partial charge >= 0.3 is 0 Å². The molecule has 0 aliphatic heterocycles.